The molecule has 0 atom stereocenters. The standard InChI is InChI=1S/C13H22N6O2/c1-3-4-5-6-7-8-16-9-10(17-8)19(12(14)15)13(21)18(2)11(9)20/h12H,3-7,14-15H2,1-2H3,(H,16,17). The molecule has 8 nitrogen and oxygen atoms in total. The molecule has 0 saturated heterocycles. The summed E-state index contributed by atoms with van der Waals surface area (Å²) in [5.74, 6) is 0.679. The number of aromatic amines is 1. The van der Waals surface area contributed by atoms with Gasteiger partial charge in [0.25, 0.3) is 5.56 Å². The monoisotopic (exact) mass is 294 g/mol. The van der Waals surface area contributed by atoms with Gasteiger partial charge in [-0.3, -0.25) is 20.8 Å². The van der Waals surface area contributed by atoms with Gasteiger partial charge in [0.1, 0.15) is 17.6 Å². The minimum absolute atomic E-state index is 0.226. The normalized spacial score (nSPS) is 11.7. The van der Waals surface area contributed by atoms with Gasteiger partial charge in [-0.1, -0.05) is 26.2 Å². The minimum Gasteiger partial charge on any atom is -0.336 e. The molecule has 0 radical (unpaired) electrons. The van der Waals surface area contributed by atoms with Crippen LogP contribution in [0.3, 0.4) is 0 Å². The van der Waals surface area contributed by atoms with Crippen LogP contribution in [0.25, 0.3) is 11.2 Å². The van der Waals surface area contributed by atoms with Crippen LogP contribution in [0, 0.1) is 0 Å². The molecule has 2 aromatic rings. The number of unbranched alkanes of at least 4 members (excludes halogenated alkanes) is 3. The van der Waals surface area contributed by atoms with E-state index >= 15 is 0 Å². The van der Waals surface area contributed by atoms with Gasteiger partial charge in [0.05, 0.1) is 0 Å². The quantitative estimate of drug-likeness (QED) is 0.507. The summed E-state index contributed by atoms with van der Waals surface area (Å²) in [5.41, 5.74) is 10.8. The van der Waals surface area contributed by atoms with Crippen LogP contribution in [0.5, 0.6) is 0 Å². The smallest absolute Gasteiger partial charge is 0.334 e. The third-order valence-corrected chi connectivity index (χ3v) is 3.54. The zero-order valence-electron chi connectivity index (χ0n) is 12.4. The molecule has 0 fully saturated rings. The molecule has 0 aliphatic heterocycles. The van der Waals surface area contributed by atoms with Crippen molar-refractivity contribution in [3.8, 4) is 0 Å². The highest BCUT2D eigenvalue weighted by molar-refractivity contribution is 5.69. The number of nitrogens with two attached hydrogens (primary N) is 2. The van der Waals surface area contributed by atoms with Crippen LogP contribution in [-0.4, -0.2) is 19.1 Å². The fourth-order valence-electron chi connectivity index (χ4n) is 2.35. The lowest BCUT2D eigenvalue weighted by Crippen LogP contribution is -2.44. The second kappa shape index (κ2) is 6.23. The van der Waals surface area contributed by atoms with Gasteiger partial charge >= 0.3 is 5.69 Å². The third kappa shape index (κ3) is 2.91. The summed E-state index contributed by atoms with van der Waals surface area (Å²) >= 11 is 0. The number of imidazole rings is 1. The Morgan fingerprint density at radius 3 is 2.57 bits per heavy atom. The number of hydrogen-bond donors (Lipinski definition) is 3. The first kappa shape index (κ1) is 15.5. The average molecular weight is 294 g/mol. The first-order valence-corrected chi connectivity index (χ1v) is 7.18. The summed E-state index contributed by atoms with van der Waals surface area (Å²) in [6.45, 7) is 2.15. The van der Waals surface area contributed by atoms with Gasteiger partial charge in [-0.25, -0.2) is 14.3 Å². The molecule has 0 amide bonds. The van der Waals surface area contributed by atoms with E-state index in [1.807, 2.05) is 0 Å². The van der Waals surface area contributed by atoms with Crippen molar-refractivity contribution in [3.63, 3.8) is 0 Å². The highest BCUT2D eigenvalue weighted by Crippen LogP contribution is 2.10. The molecule has 0 aromatic carbocycles. The lowest BCUT2D eigenvalue weighted by Gasteiger charge is -2.11. The van der Waals surface area contributed by atoms with Crippen molar-refractivity contribution < 1.29 is 0 Å². The van der Waals surface area contributed by atoms with Gasteiger partial charge < -0.3 is 4.98 Å². The molecule has 0 saturated carbocycles. The van der Waals surface area contributed by atoms with E-state index < -0.39 is 17.5 Å². The van der Waals surface area contributed by atoms with Crippen LogP contribution in [0.15, 0.2) is 9.59 Å². The maximum Gasteiger partial charge on any atom is 0.334 e. The van der Waals surface area contributed by atoms with Crippen LogP contribution < -0.4 is 22.7 Å². The predicted octanol–water partition coefficient (Wildman–Crippen LogP) is -0.0804. The number of H-pyrrole nitrogens is 1. The molecule has 2 rings (SSSR count). The Kier molecular flexibility index (Phi) is 4.59. The predicted molar refractivity (Wildman–Crippen MR) is 80.9 cm³/mol. The maximum absolute atomic E-state index is 12.1. The SMILES string of the molecule is CCCCCCc1nc2c([nH]1)c(=O)n(C)c(=O)n2C(N)N. The molecule has 21 heavy (non-hydrogen) atoms. The molecule has 0 aliphatic carbocycles. The number of fused-ring (bicyclic) bond motifs is 1. The van der Waals surface area contributed by atoms with Crippen LogP contribution in [-0.2, 0) is 13.5 Å². The third-order valence-electron chi connectivity index (χ3n) is 3.54. The van der Waals surface area contributed by atoms with Crippen molar-refractivity contribution in [1.82, 2.24) is 19.1 Å². The Labute approximate surface area is 121 Å². The van der Waals surface area contributed by atoms with E-state index in [0.29, 0.717) is 5.82 Å². The van der Waals surface area contributed by atoms with Crippen molar-refractivity contribution in [3.05, 3.63) is 26.7 Å². The van der Waals surface area contributed by atoms with Crippen LogP contribution >= 0.6 is 0 Å². The van der Waals surface area contributed by atoms with E-state index in [1.54, 1.807) is 0 Å². The van der Waals surface area contributed by atoms with Crippen molar-refractivity contribution in [2.45, 2.75) is 45.3 Å². The molecule has 0 bridgehead atoms. The molecule has 2 heterocycles. The second-order valence-corrected chi connectivity index (χ2v) is 5.20. The summed E-state index contributed by atoms with van der Waals surface area (Å²) in [6.07, 6.45) is 4.10. The molecule has 2 aromatic heterocycles. The van der Waals surface area contributed by atoms with E-state index in [0.717, 1.165) is 34.8 Å². The van der Waals surface area contributed by atoms with Gasteiger partial charge in [-0.15, -0.1) is 0 Å². The van der Waals surface area contributed by atoms with Crippen molar-refractivity contribution in [1.29, 1.82) is 0 Å². The lowest BCUT2D eigenvalue weighted by molar-refractivity contribution is 0.509. The first-order valence-electron chi connectivity index (χ1n) is 7.18. The number of aromatic nitrogens is 4. The largest absolute Gasteiger partial charge is 0.336 e. The minimum atomic E-state index is -1.04. The van der Waals surface area contributed by atoms with Crippen molar-refractivity contribution in [2.24, 2.45) is 18.5 Å². The van der Waals surface area contributed by atoms with Crippen LogP contribution in [0.1, 0.15) is 44.7 Å². The Morgan fingerprint density at radius 2 is 1.95 bits per heavy atom. The Bertz CT molecular complexity index is 739. The summed E-state index contributed by atoms with van der Waals surface area (Å²) in [4.78, 5) is 31.5. The summed E-state index contributed by atoms with van der Waals surface area (Å²) in [6, 6.07) is 0. The summed E-state index contributed by atoms with van der Waals surface area (Å²) < 4.78 is 2.11. The molecule has 0 aliphatic rings. The van der Waals surface area contributed by atoms with Gasteiger partial charge in [-0.05, 0) is 6.42 Å². The van der Waals surface area contributed by atoms with Crippen LogP contribution in [0.4, 0.5) is 0 Å². The highest BCUT2D eigenvalue weighted by atomic mass is 16.2. The zero-order valence-corrected chi connectivity index (χ0v) is 12.4. The molecule has 0 spiro atoms. The number of nitrogens with zero attached hydrogens (tertiary/aromatic N) is 3. The Morgan fingerprint density at radius 1 is 1.24 bits per heavy atom. The van der Waals surface area contributed by atoms with E-state index in [-0.39, 0.29) is 11.2 Å². The summed E-state index contributed by atoms with van der Waals surface area (Å²) in [7, 11) is 1.39. The molecular weight excluding hydrogens is 272 g/mol. The van der Waals surface area contributed by atoms with Gasteiger partial charge in [0.15, 0.2) is 5.65 Å². The molecule has 116 valence electrons. The summed E-state index contributed by atoms with van der Waals surface area (Å²) in [5, 5.41) is 0. The van der Waals surface area contributed by atoms with E-state index in [2.05, 4.69) is 16.9 Å². The van der Waals surface area contributed by atoms with E-state index in [1.165, 1.54) is 13.5 Å². The number of aryl methyl sites for hydroxylation is 1. The first-order chi connectivity index (χ1) is 9.97. The van der Waals surface area contributed by atoms with E-state index in [9.17, 15) is 9.59 Å². The van der Waals surface area contributed by atoms with Crippen molar-refractivity contribution >= 4 is 11.2 Å². The lowest BCUT2D eigenvalue weighted by atomic mass is 10.1. The zero-order chi connectivity index (χ0) is 15.6. The Hall–Kier alpha value is -1.93. The fraction of sp³-hybridized carbons (Fsp3) is 0.615. The van der Waals surface area contributed by atoms with Crippen molar-refractivity contribution in [2.75, 3.05) is 0 Å². The van der Waals surface area contributed by atoms with E-state index in [4.69, 9.17) is 11.5 Å². The number of hydrogen-bond acceptors (Lipinski definition) is 5. The van der Waals surface area contributed by atoms with Gasteiger partial charge in [0, 0.05) is 13.5 Å². The number of nitrogens with one attached hydrogen (secondary N) is 1. The highest BCUT2D eigenvalue weighted by Gasteiger charge is 2.17. The molecule has 8 heteroatoms. The number of rotatable bonds is 6. The fourth-order valence-corrected chi connectivity index (χ4v) is 2.35. The second-order valence-electron chi connectivity index (χ2n) is 5.20. The Balaban J connectivity index is 2.46. The molecular formula is C13H22N6O2. The van der Waals surface area contributed by atoms with Crippen LogP contribution in [0.2, 0.25) is 0 Å². The molecule has 5 N–H and O–H groups in total. The van der Waals surface area contributed by atoms with Gasteiger partial charge in [0.2, 0.25) is 0 Å². The molecule has 0 unspecified atom stereocenters. The maximum atomic E-state index is 12.1. The van der Waals surface area contributed by atoms with Gasteiger partial charge in [-0.2, -0.15) is 0 Å². The average Bonchev–Trinajstić information content (AvgIpc) is 2.85. The topological polar surface area (TPSA) is 125 Å².